The highest BCUT2D eigenvalue weighted by Crippen LogP contribution is 2.33. The van der Waals surface area contributed by atoms with Crippen molar-refractivity contribution >= 4 is 17.6 Å². The number of carbonyl (C=O) groups excluding carboxylic acids is 1. The van der Waals surface area contributed by atoms with E-state index in [-0.39, 0.29) is 18.0 Å². The van der Waals surface area contributed by atoms with Gasteiger partial charge in [0.15, 0.2) is 0 Å². The number of rotatable bonds is 5. The molecule has 0 fully saturated rings. The van der Waals surface area contributed by atoms with Crippen LogP contribution in [0.4, 0.5) is 18.9 Å². The molecule has 0 saturated carbocycles. The minimum absolute atomic E-state index is 0.00228. The monoisotopic (exact) mass is 516 g/mol. The van der Waals surface area contributed by atoms with Gasteiger partial charge in [-0.3, -0.25) is 9.69 Å². The highest BCUT2D eigenvalue weighted by molar-refractivity contribution is 5.95. The second kappa shape index (κ2) is 11.6. The van der Waals surface area contributed by atoms with Gasteiger partial charge >= 0.3 is 12.1 Å². The van der Waals surface area contributed by atoms with E-state index in [1.54, 1.807) is 0 Å². The van der Waals surface area contributed by atoms with Gasteiger partial charge in [-0.25, -0.2) is 9.78 Å². The Morgan fingerprint density at radius 3 is 2.32 bits per heavy atom. The Hall–Kier alpha value is -3.66. The molecule has 4 rings (SSSR count). The average Bonchev–Trinajstić information content (AvgIpc) is 3.26. The number of carboxylic acid groups (broad SMARTS) is 1. The van der Waals surface area contributed by atoms with Crippen LogP contribution in [0.2, 0.25) is 0 Å². The maximum atomic E-state index is 13.6. The number of anilines is 1. The fraction of sp³-hybridized carbons (Fsp3) is 0.370. The third kappa shape index (κ3) is 6.97. The third-order valence-electron chi connectivity index (χ3n) is 6.22. The van der Waals surface area contributed by atoms with Crippen molar-refractivity contribution < 1.29 is 27.9 Å². The number of aliphatic carboxylic acids is 1. The summed E-state index contributed by atoms with van der Waals surface area (Å²) < 4.78 is 33.9. The molecule has 2 N–H and O–H groups in total. The van der Waals surface area contributed by atoms with Crippen molar-refractivity contribution in [3.63, 3.8) is 0 Å². The summed E-state index contributed by atoms with van der Waals surface area (Å²) in [6.45, 7) is 9.96. The molecule has 7 nitrogen and oxygen atoms in total. The Labute approximate surface area is 213 Å². The Balaban J connectivity index is 0.000000479. The molecule has 0 aliphatic carbocycles. The van der Waals surface area contributed by atoms with E-state index in [9.17, 15) is 18.0 Å². The molecule has 0 bridgehead atoms. The van der Waals surface area contributed by atoms with E-state index >= 15 is 0 Å². The van der Waals surface area contributed by atoms with E-state index in [1.165, 1.54) is 16.7 Å². The number of nitrogens with one attached hydrogen (secondary N) is 1. The van der Waals surface area contributed by atoms with Gasteiger partial charge in [-0.15, -0.1) is 0 Å². The Kier molecular flexibility index (Phi) is 8.75. The fourth-order valence-electron chi connectivity index (χ4n) is 4.17. The van der Waals surface area contributed by atoms with Crippen LogP contribution in [0.5, 0.6) is 0 Å². The Morgan fingerprint density at radius 2 is 1.76 bits per heavy atom. The van der Waals surface area contributed by atoms with Gasteiger partial charge in [0.25, 0.3) is 0 Å². The number of amides is 1. The number of alkyl halides is 3. The van der Waals surface area contributed by atoms with Crippen molar-refractivity contribution in [1.29, 1.82) is 0 Å². The van der Waals surface area contributed by atoms with Crippen LogP contribution in [0.1, 0.15) is 54.0 Å². The smallest absolute Gasteiger partial charge is 0.475 e. The number of nitrogens with zero attached hydrogens (tertiary/aromatic N) is 3. The van der Waals surface area contributed by atoms with Crippen LogP contribution in [0, 0.1) is 13.8 Å². The summed E-state index contributed by atoms with van der Waals surface area (Å²) >= 11 is 0. The van der Waals surface area contributed by atoms with Crippen LogP contribution in [0.25, 0.3) is 0 Å². The van der Waals surface area contributed by atoms with E-state index in [0.717, 1.165) is 36.6 Å². The Bertz CT molecular complexity index is 1240. The van der Waals surface area contributed by atoms with Crippen molar-refractivity contribution in [3.8, 4) is 0 Å². The van der Waals surface area contributed by atoms with Crippen LogP contribution < -0.4 is 5.32 Å². The van der Waals surface area contributed by atoms with E-state index in [4.69, 9.17) is 9.90 Å². The van der Waals surface area contributed by atoms with E-state index in [1.807, 2.05) is 36.7 Å². The standard InChI is InChI=1S/C25H30N4O.C2HF3O2/c1-17(2)29-16-26-22-12-13-28(15-20-8-6-5-7-9-20)24(23(22)29)25(30)27-21-11-10-18(3)19(4)14-21;3-2(4,5)1(6)7/h5-11,14,16-17,24H,12-13,15H2,1-4H3,(H,27,30);(H,6,7). The van der Waals surface area contributed by atoms with Crippen LogP contribution >= 0.6 is 0 Å². The van der Waals surface area contributed by atoms with E-state index < -0.39 is 12.1 Å². The number of carboxylic acids is 1. The number of carbonyl (C=O) groups is 2. The predicted molar refractivity (Wildman–Crippen MR) is 134 cm³/mol. The molecule has 1 aliphatic heterocycles. The van der Waals surface area contributed by atoms with Crippen LogP contribution in [0.15, 0.2) is 54.9 Å². The minimum atomic E-state index is -5.08. The first-order valence-corrected chi connectivity index (χ1v) is 11.9. The summed E-state index contributed by atoms with van der Waals surface area (Å²) in [7, 11) is 0. The molecule has 3 aromatic rings. The predicted octanol–water partition coefficient (Wildman–Crippen LogP) is 5.45. The highest BCUT2D eigenvalue weighted by atomic mass is 19.4. The van der Waals surface area contributed by atoms with Gasteiger partial charge in [0.1, 0.15) is 6.04 Å². The maximum Gasteiger partial charge on any atom is 0.490 e. The zero-order valence-electron chi connectivity index (χ0n) is 21.2. The summed E-state index contributed by atoms with van der Waals surface area (Å²) in [6.07, 6.45) is -2.34. The zero-order chi connectivity index (χ0) is 27.3. The number of hydrogen-bond donors (Lipinski definition) is 2. The average molecular weight is 517 g/mol. The first-order chi connectivity index (χ1) is 17.4. The molecule has 1 amide bonds. The highest BCUT2D eigenvalue weighted by Gasteiger charge is 2.38. The van der Waals surface area contributed by atoms with Crippen molar-refractivity contribution in [2.45, 2.75) is 58.9 Å². The number of imidazole rings is 1. The van der Waals surface area contributed by atoms with E-state index in [2.05, 4.69) is 65.7 Å². The van der Waals surface area contributed by atoms with Crippen LogP contribution in [-0.4, -0.2) is 44.2 Å². The number of aromatic nitrogens is 2. The van der Waals surface area contributed by atoms with Gasteiger partial charge in [0.05, 0.1) is 17.7 Å². The number of aryl methyl sites for hydroxylation is 2. The second-order valence-electron chi connectivity index (χ2n) is 9.28. The summed E-state index contributed by atoms with van der Waals surface area (Å²) in [5.74, 6) is -2.76. The minimum Gasteiger partial charge on any atom is -0.475 e. The van der Waals surface area contributed by atoms with Crippen molar-refractivity contribution in [2.24, 2.45) is 0 Å². The topological polar surface area (TPSA) is 87.5 Å². The number of benzene rings is 2. The number of fused-ring (bicyclic) bond motifs is 1. The number of hydrogen-bond acceptors (Lipinski definition) is 4. The molecule has 37 heavy (non-hydrogen) atoms. The Morgan fingerprint density at radius 1 is 1.11 bits per heavy atom. The van der Waals surface area contributed by atoms with Crippen LogP contribution in [-0.2, 0) is 22.6 Å². The quantitative estimate of drug-likeness (QED) is 0.471. The van der Waals surface area contributed by atoms with Crippen molar-refractivity contribution in [1.82, 2.24) is 14.5 Å². The molecule has 10 heteroatoms. The molecule has 1 aromatic heterocycles. The fourth-order valence-corrected chi connectivity index (χ4v) is 4.17. The van der Waals surface area contributed by atoms with Gasteiger partial charge in [-0.05, 0) is 56.5 Å². The van der Waals surface area contributed by atoms with Gasteiger partial charge in [0.2, 0.25) is 5.91 Å². The molecule has 1 atom stereocenters. The molecule has 2 heterocycles. The normalized spacial score (nSPS) is 15.5. The first kappa shape index (κ1) is 27.9. The summed E-state index contributed by atoms with van der Waals surface area (Å²) in [6, 6.07) is 16.3. The van der Waals surface area contributed by atoms with Crippen molar-refractivity contribution in [3.05, 3.63) is 82.9 Å². The maximum absolute atomic E-state index is 13.6. The lowest BCUT2D eigenvalue weighted by molar-refractivity contribution is -0.192. The molecule has 0 spiro atoms. The zero-order valence-corrected chi connectivity index (χ0v) is 21.2. The second-order valence-corrected chi connectivity index (χ2v) is 9.28. The lowest BCUT2D eigenvalue weighted by Crippen LogP contribution is -2.42. The summed E-state index contributed by atoms with van der Waals surface area (Å²) in [5.41, 5.74) is 6.50. The van der Waals surface area contributed by atoms with Gasteiger partial charge in [0, 0.05) is 31.2 Å². The molecular weight excluding hydrogens is 485 g/mol. The van der Waals surface area contributed by atoms with Crippen molar-refractivity contribution in [2.75, 3.05) is 11.9 Å². The molecule has 1 unspecified atom stereocenters. The molecule has 1 aliphatic rings. The molecule has 2 aromatic carbocycles. The summed E-state index contributed by atoms with van der Waals surface area (Å²) in [4.78, 5) is 29.4. The summed E-state index contributed by atoms with van der Waals surface area (Å²) in [5, 5.41) is 10.3. The van der Waals surface area contributed by atoms with Crippen LogP contribution in [0.3, 0.4) is 0 Å². The van der Waals surface area contributed by atoms with E-state index in [0.29, 0.717) is 0 Å². The SMILES string of the molecule is Cc1ccc(NC(=O)C2c3c(ncn3C(C)C)CCN2Cc2ccccc2)cc1C.O=C(O)C(F)(F)F. The largest absolute Gasteiger partial charge is 0.490 e. The van der Waals surface area contributed by atoms with Gasteiger partial charge in [-0.2, -0.15) is 13.2 Å². The van der Waals surface area contributed by atoms with Gasteiger partial charge in [-0.1, -0.05) is 36.4 Å². The third-order valence-corrected chi connectivity index (χ3v) is 6.22. The lowest BCUT2D eigenvalue weighted by atomic mass is 9.99. The number of halogens is 3. The lowest BCUT2D eigenvalue weighted by Gasteiger charge is -2.36. The molecule has 198 valence electrons. The molecule has 0 radical (unpaired) electrons. The molecule has 0 saturated heterocycles. The van der Waals surface area contributed by atoms with Gasteiger partial charge < -0.3 is 15.0 Å². The first-order valence-electron chi connectivity index (χ1n) is 11.9. The molecular formula is C27H31F3N4O3.